The SMILES string of the molecule is CCCN(CCO)C(=O)c1cc2ccc(OC)cc2nc1C. The van der Waals surface area contributed by atoms with Gasteiger partial charge < -0.3 is 14.7 Å². The summed E-state index contributed by atoms with van der Waals surface area (Å²) in [4.78, 5) is 18.8. The second-order valence-electron chi connectivity index (χ2n) is 5.20. The Morgan fingerprint density at radius 3 is 2.73 bits per heavy atom. The minimum Gasteiger partial charge on any atom is -0.497 e. The molecular weight excluding hydrogens is 280 g/mol. The maximum atomic E-state index is 12.7. The van der Waals surface area contributed by atoms with Crippen molar-refractivity contribution >= 4 is 16.8 Å². The second kappa shape index (κ2) is 7.22. The first-order valence-electron chi connectivity index (χ1n) is 7.46. The van der Waals surface area contributed by atoms with Crippen LogP contribution in [0.25, 0.3) is 10.9 Å². The van der Waals surface area contributed by atoms with E-state index in [1.54, 1.807) is 12.0 Å². The summed E-state index contributed by atoms with van der Waals surface area (Å²) in [5.74, 6) is 0.657. The lowest BCUT2D eigenvalue weighted by atomic mass is 10.1. The largest absolute Gasteiger partial charge is 0.497 e. The molecule has 5 heteroatoms. The van der Waals surface area contributed by atoms with Crippen molar-refractivity contribution < 1.29 is 14.6 Å². The summed E-state index contributed by atoms with van der Waals surface area (Å²) in [6.45, 7) is 4.76. The Morgan fingerprint density at radius 2 is 2.09 bits per heavy atom. The first-order valence-corrected chi connectivity index (χ1v) is 7.46. The number of carbonyl (C=O) groups is 1. The Kier molecular flexibility index (Phi) is 5.33. The number of ether oxygens (including phenoxy) is 1. The van der Waals surface area contributed by atoms with Crippen LogP contribution in [0, 0.1) is 6.92 Å². The van der Waals surface area contributed by atoms with Crippen LogP contribution in [-0.4, -0.2) is 47.7 Å². The van der Waals surface area contributed by atoms with Crippen molar-refractivity contribution in [2.45, 2.75) is 20.3 Å². The molecule has 0 bridgehead atoms. The summed E-state index contributed by atoms with van der Waals surface area (Å²) in [6.07, 6.45) is 0.850. The maximum Gasteiger partial charge on any atom is 0.255 e. The van der Waals surface area contributed by atoms with Gasteiger partial charge >= 0.3 is 0 Å². The Morgan fingerprint density at radius 1 is 1.32 bits per heavy atom. The van der Waals surface area contributed by atoms with Crippen LogP contribution in [0.5, 0.6) is 5.75 Å². The lowest BCUT2D eigenvalue weighted by Crippen LogP contribution is -2.34. The molecule has 0 aliphatic rings. The lowest BCUT2D eigenvalue weighted by Gasteiger charge is -2.22. The summed E-state index contributed by atoms with van der Waals surface area (Å²) in [5, 5.41) is 10.0. The van der Waals surface area contributed by atoms with Crippen LogP contribution in [0.1, 0.15) is 29.4 Å². The number of amides is 1. The van der Waals surface area contributed by atoms with E-state index < -0.39 is 0 Å². The summed E-state index contributed by atoms with van der Waals surface area (Å²) in [5.41, 5.74) is 2.07. The van der Waals surface area contributed by atoms with Gasteiger partial charge in [0.15, 0.2) is 0 Å². The molecule has 1 aromatic heterocycles. The molecule has 118 valence electrons. The predicted molar refractivity (Wildman–Crippen MR) is 86.3 cm³/mol. The van der Waals surface area contributed by atoms with Crippen molar-refractivity contribution in [1.82, 2.24) is 9.88 Å². The molecule has 0 saturated carbocycles. The van der Waals surface area contributed by atoms with Gasteiger partial charge in [0.1, 0.15) is 5.75 Å². The van der Waals surface area contributed by atoms with E-state index in [1.165, 1.54) is 0 Å². The molecule has 1 N–H and O–H groups in total. The molecule has 2 aromatic rings. The fourth-order valence-corrected chi connectivity index (χ4v) is 2.46. The van der Waals surface area contributed by atoms with E-state index in [9.17, 15) is 4.79 Å². The van der Waals surface area contributed by atoms with Crippen LogP contribution in [0.2, 0.25) is 0 Å². The van der Waals surface area contributed by atoms with E-state index in [-0.39, 0.29) is 12.5 Å². The predicted octanol–water partition coefficient (Wildman–Crippen LogP) is 2.40. The third kappa shape index (κ3) is 3.36. The standard InChI is InChI=1S/C17H22N2O3/c1-4-7-19(8-9-20)17(21)15-10-13-5-6-14(22-3)11-16(13)18-12(15)2/h5-6,10-11,20H,4,7-9H2,1-3H3. The molecule has 0 radical (unpaired) electrons. The molecule has 0 atom stereocenters. The zero-order valence-electron chi connectivity index (χ0n) is 13.3. The number of aliphatic hydroxyl groups is 1. The number of aromatic nitrogens is 1. The first kappa shape index (κ1) is 16.2. The molecule has 0 fully saturated rings. The number of hydrogen-bond acceptors (Lipinski definition) is 4. The van der Waals surface area contributed by atoms with Crippen LogP contribution < -0.4 is 4.74 Å². The Hall–Kier alpha value is -2.14. The number of rotatable bonds is 6. The topological polar surface area (TPSA) is 62.7 Å². The normalized spacial score (nSPS) is 10.7. The van der Waals surface area contributed by atoms with Gasteiger partial charge in [0.05, 0.1) is 30.5 Å². The second-order valence-corrected chi connectivity index (χ2v) is 5.20. The van der Waals surface area contributed by atoms with Crippen molar-refractivity contribution in [3.8, 4) is 5.75 Å². The fraction of sp³-hybridized carbons (Fsp3) is 0.412. The molecule has 22 heavy (non-hydrogen) atoms. The molecule has 0 aliphatic heterocycles. The quantitative estimate of drug-likeness (QED) is 0.890. The Balaban J connectivity index is 2.41. The van der Waals surface area contributed by atoms with Gasteiger partial charge in [-0.25, -0.2) is 0 Å². The number of carbonyl (C=O) groups excluding carboxylic acids is 1. The molecule has 1 aromatic carbocycles. The summed E-state index contributed by atoms with van der Waals surface area (Å²) in [6, 6.07) is 7.46. The maximum absolute atomic E-state index is 12.7. The molecule has 0 unspecified atom stereocenters. The smallest absolute Gasteiger partial charge is 0.255 e. The summed E-state index contributed by atoms with van der Waals surface area (Å²) < 4.78 is 5.20. The highest BCUT2D eigenvalue weighted by molar-refractivity contribution is 5.98. The van der Waals surface area contributed by atoms with Crippen molar-refractivity contribution in [1.29, 1.82) is 0 Å². The van der Waals surface area contributed by atoms with Crippen LogP contribution in [0.15, 0.2) is 24.3 Å². The van der Waals surface area contributed by atoms with Crippen LogP contribution >= 0.6 is 0 Å². The molecule has 0 spiro atoms. The van der Waals surface area contributed by atoms with Crippen molar-refractivity contribution in [3.63, 3.8) is 0 Å². The van der Waals surface area contributed by atoms with E-state index in [0.29, 0.717) is 24.3 Å². The average molecular weight is 302 g/mol. The molecular formula is C17H22N2O3. The lowest BCUT2D eigenvalue weighted by molar-refractivity contribution is 0.0721. The highest BCUT2D eigenvalue weighted by Crippen LogP contribution is 2.22. The number of nitrogens with zero attached hydrogens (tertiary/aromatic N) is 2. The fourth-order valence-electron chi connectivity index (χ4n) is 2.46. The zero-order valence-corrected chi connectivity index (χ0v) is 13.3. The first-order chi connectivity index (χ1) is 10.6. The van der Waals surface area contributed by atoms with Gasteiger partial charge in [-0.2, -0.15) is 0 Å². The van der Waals surface area contributed by atoms with Gasteiger partial charge in [-0.3, -0.25) is 9.78 Å². The number of aryl methyl sites for hydroxylation is 1. The van der Waals surface area contributed by atoms with Crippen molar-refractivity contribution in [3.05, 3.63) is 35.5 Å². The van der Waals surface area contributed by atoms with E-state index in [2.05, 4.69) is 4.98 Å². The van der Waals surface area contributed by atoms with E-state index in [1.807, 2.05) is 38.1 Å². The highest BCUT2D eigenvalue weighted by atomic mass is 16.5. The van der Waals surface area contributed by atoms with Crippen LogP contribution in [0.4, 0.5) is 0 Å². The van der Waals surface area contributed by atoms with Crippen LogP contribution in [0.3, 0.4) is 0 Å². The monoisotopic (exact) mass is 302 g/mol. The molecule has 0 saturated heterocycles. The van der Waals surface area contributed by atoms with Crippen LogP contribution in [-0.2, 0) is 0 Å². The van der Waals surface area contributed by atoms with Gasteiger partial charge in [-0.1, -0.05) is 6.92 Å². The van der Waals surface area contributed by atoms with Gasteiger partial charge in [-0.15, -0.1) is 0 Å². The zero-order chi connectivity index (χ0) is 16.1. The molecule has 2 rings (SSSR count). The minimum atomic E-state index is -0.0846. The molecule has 1 heterocycles. The third-order valence-corrected chi connectivity index (χ3v) is 3.60. The van der Waals surface area contributed by atoms with Gasteiger partial charge in [0.25, 0.3) is 5.91 Å². The van der Waals surface area contributed by atoms with Gasteiger partial charge in [-0.05, 0) is 31.5 Å². The van der Waals surface area contributed by atoms with E-state index in [0.717, 1.165) is 23.1 Å². The molecule has 1 amide bonds. The molecule has 0 aliphatic carbocycles. The van der Waals surface area contributed by atoms with Crippen molar-refractivity contribution in [2.24, 2.45) is 0 Å². The molecule has 5 nitrogen and oxygen atoms in total. The average Bonchev–Trinajstić information content (AvgIpc) is 2.52. The van der Waals surface area contributed by atoms with E-state index in [4.69, 9.17) is 9.84 Å². The van der Waals surface area contributed by atoms with Gasteiger partial charge in [0.2, 0.25) is 0 Å². The van der Waals surface area contributed by atoms with Gasteiger partial charge in [0, 0.05) is 24.5 Å². The summed E-state index contributed by atoms with van der Waals surface area (Å²) >= 11 is 0. The Bertz CT molecular complexity index is 664. The number of aliphatic hydroxyl groups excluding tert-OH is 1. The summed E-state index contributed by atoms with van der Waals surface area (Å²) in [7, 11) is 1.61. The number of fused-ring (bicyclic) bond motifs is 1. The Labute approximate surface area is 130 Å². The minimum absolute atomic E-state index is 0.0387. The third-order valence-electron chi connectivity index (χ3n) is 3.60. The van der Waals surface area contributed by atoms with E-state index >= 15 is 0 Å². The number of methoxy groups -OCH3 is 1. The number of hydrogen-bond donors (Lipinski definition) is 1. The number of pyridine rings is 1. The highest BCUT2D eigenvalue weighted by Gasteiger charge is 2.18. The number of benzene rings is 1. The van der Waals surface area contributed by atoms with Crippen molar-refractivity contribution in [2.75, 3.05) is 26.8 Å².